The van der Waals surface area contributed by atoms with E-state index in [0.29, 0.717) is 0 Å². The predicted octanol–water partition coefficient (Wildman–Crippen LogP) is 4.51. The Morgan fingerprint density at radius 3 is 2.68 bits per heavy atom. The molecule has 0 aliphatic carbocycles. The van der Waals surface area contributed by atoms with Crippen LogP contribution in [0, 0.1) is 0 Å². The minimum absolute atomic E-state index is 0.825. The smallest absolute Gasteiger partial charge is 0.180 e. The van der Waals surface area contributed by atoms with Gasteiger partial charge in [0.1, 0.15) is 0 Å². The average molecular weight is 371 g/mol. The van der Waals surface area contributed by atoms with Crippen LogP contribution in [-0.2, 0) is 6.42 Å². The van der Waals surface area contributed by atoms with Crippen LogP contribution in [0.2, 0.25) is 0 Å². The summed E-state index contributed by atoms with van der Waals surface area (Å²) >= 11 is 0. The Balaban J connectivity index is 1.52. The third-order valence-electron chi connectivity index (χ3n) is 4.86. The van der Waals surface area contributed by atoms with Gasteiger partial charge < -0.3 is 10.2 Å². The number of benzene rings is 2. The van der Waals surface area contributed by atoms with E-state index in [1.807, 2.05) is 32.7 Å². The highest BCUT2D eigenvalue weighted by Gasteiger charge is 2.10. The first kappa shape index (κ1) is 18.0. The molecule has 0 saturated heterocycles. The Morgan fingerprint density at radius 1 is 1.00 bits per heavy atom. The van der Waals surface area contributed by atoms with Crippen molar-refractivity contribution < 1.29 is 0 Å². The first-order valence-electron chi connectivity index (χ1n) is 9.60. The van der Waals surface area contributed by atoms with Gasteiger partial charge in [-0.15, -0.1) is 0 Å². The Hall–Kier alpha value is -3.34. The Kier molecular flexibility index (Phi) is 5.24. The number of hydrogen-bond donors (Lipinski definition) is 1. The van der Waals surface area contributed by atoms with Crippen molar-refractivity contribution >= 4 is 17.2 Å². The molecule has 5 heteroatoms. The molecule has 0 aliphatic rings. The van der Waals surface area contributed by atoms with Crippen molar-refractivity contribution in [3.63, 3.8) is 0 Å². The van der Waals surface area contributed by atoms with E-state index in [9.17, 15) is 0 Å². The molecule has 2 aromatic carbocycles. The van der Waals surface area contributed by atoms with E-state index in [0.717, 1.165) is 47.8 Å². The topological polar surface area (TPSA) is 45.5 Å². The number of anilines is 2. The van der Waals surface area contributed by atoms with E-state index in [1.165, 1.54) is 5.56 Å². The van der Waals surface area contributed by atoms with Crippen LogP contribution in [-0.4, -0.2) is 35.0 Å². The summed E-state index contributed by atoms with van der Waals surface area (Å²) in [6.45, 7) is 0.861. The molecule has 0 bridgehead atoms. The second kappa shape index (κ2) is 8.13. The summed E-state index contributed by atoms with van der Waals surface area (Å²) in [6, 6.07) is 19.0. The fourth-order valence-electron chi connectivity index (χ4n) is 3.34. The maximum atomic E-state index is 4.67. The highest BCUT2D eigenvalue weighted by Crippen LogP contribution is 2.26. The molecule has 4 rings (SSSR count). The number of nitrogens with zero attached hydrogens (tertiary/aromatic N) is 4. The van der Waals surface area contributed by atoms with Crippen LogP contribution in [0.4, 0.5) is 11.5 Å². The first-order valence-corrected chi connectivity index (χ1v) is 9.60. The monoisotopic (exact) mass is 371 g/mol. The van der Waals surface area contributed by atoms with Crippen LogP contribution in [0.3, 0.4) is 0 Å². The van der Waals surface area contributed by atoms with E-state index >= 15 is 0 Å². The second-order valence-electron chi connectivity index (χ2n) is 7.07. The molecule has 142 valence electrons. The van der Waals surface area contributed by atoms with Crippen LogP contribution < -0.4 is 10.2 Å². The zero-order chi connectivity index (χ0) is 19.3. The minimum Gasteiger partial charge on any atom is -0.378 e. The van der Waals surface area contributed by atoms with Gasteiger partial charge in [-0.2, -0.15) is 0 Å². The van der Waals surface area contributed by atoms with Crippen LogP contribution in [0.1, 0.15) is 12.0 Å². The van der Waals surface area contributed by atoms with Crippen molar-refractivity contribution in [1.29, 1.82) is 0 Å². The van der Waals surface area contributed by atoms with Crippen LogP contribution in [0.15, 0.2) is 73.2 Å². The third-order valence-corrected chi connectivity index (χ3v) is 4.86. The molecule has 0 amide bonds. The van der Waals surface area contributed by atoms with Gasteiger partial charge in [0.15, 0.2) is 11.5 Å². The summed E-state index contributed by atoms with van der Waals surface area (Å²) in [7, 11) is 4.10. The van der Waals surface area contributed by atoms with Gasteiger partial charge in [0, 0.05) is 44.3 Å². The highest BCUT2D eigenvalue weighted by atomic mass is 15.1. The quantitative estimate of drug-likeness (QED) is 0.486. The maximum absolute atomic E-state index is 4.67. The molecule has 0 aliphatic heterocycles. The van der Waals surface area contributed by atoms with Crippen molar-refractivity contribution in [3.05, 3.63) is 78.8 Å². The summed E-state index contributed by atoms with van der Waals surface area (Å²) in [4.78, 5) is 11.3. The molecule has 5 nitrogen and oxygen atoms in total. The SMILES string of the molecule is CN(C)c1cccc(-c2cnc(NCCCc3ccccc3)c3nccn23)c1. The van der Waals surface area contributed by atoms with Gasteiger partial charge in [-0.3, -0.25) is 4.40 Å². The van der Waals surface area contributed by atoms with Crippen molar-refractivity contribution in [3.8, 4) is 11.3 Å². The molecule has 0 fully saturated rings. The number of aromatic nitrogens is 3. The summed E-state index contributed by atoms with van der Waals surface area (Å²) < 4.78 is 2.10. The molecule has 28 heavy (non-hydrogen) atoms. The van der Waals surface area contributed by atoms with Gasteiger partial charge >= 0.3 is 0 Å². The lowest BCUT2D eigenvalue weighted by Crippen LogP contribution is -2.09. The average Bonchev–Trinajstić information content (AvgIpc) is 3.22. The van der Waals surface area contributed by atoms with Crippen molar-refractivity contribution in [2.75, 3.05) is 30.9 Å². The van der Waals surface area contributed by atoms with E-state index < -0.39 is 0 Å². The van der Waals surface area contributed by atoms with Crippen LogP contribution in [0.5, 0.6) is 0 Å². The summed E-state index contributed by atoms with van der Waals surface area (Å²) in [5, 5.41) is 3.45. The normalized spacial score (nSPS) is 10.9. The lowest BCUT2D eigenvalue weighted by Gasteiger charge is -2.15. The maximum Gasteiger partial charge on any atom is 0.180 e. The van der Waals surface area contributed by atoms with Gasteiger partial charge in [0.2, 0.25) is 0 Å². The molecule has 0 atom stereocenters. The van der Waals surface area contributed by atoms with Crippen molar-refractivity contribution in [2.24, 2.45) is 0 Å². The molecule has 0 unspecified atom stereocenters. The van der Waals surface area contributed by atoms with E-state index in [4.69, 9.17) is 0 Å². The molecule has 0 spiro atoms. The summed E-state index contributed by atoms with van der Waals surface area (Å²) in [6.07, 6.45) is 7.83. The van der Waals surface area contributed by atoms with Crippen LogP contribution in [0.25, 0.3) is 16.9 Å². The second-order valence-corrected chi connectivity index (χ2v) is 7.07. The van der Waals surface area contributed by atoms with Gasteiger partial charge in [0.05, 0.1) is 11.9 Å². The number of nitrogens with one attached hydrogen (secondary N) is 1. The minimum atomic E-state index is 0.825. The van der Waals surface area contributed by atoms with Crippen molar-refractivity contribution in [2.45, 2.75) is 12.8 Å². The Labute approximate surface area is 165 Å². The largest absolute Gasteiger partial charge is 0.378 e. The molecule has 2 heterocycles. The number of rotatable bonds is 7. The fourth-order valence-corrected chi connectivity index (χ4v) is 3.34. The number of aryl methyl sites for hydroxylation is 1. The third kappa shape index (κ3) is 3.83. The molecule has 4 aromatic rings. The Morgan fingerprint density at radius 2 is 1.86 bits per heavy atom. The number of fused-ring (bicyclic) bond motifs is 1. The fraction of sp³-hybridized carbons (Fsp3) is 0.217. The van der Waals surface area contributed by atoms with Gasteiger partial charge in [0.25, 0.3) is 0 Å². The molecule has 0 saturated carbocycles. The Bertz CT molecular complexity index is 1050. The van der Waals surface area contributed by atoms with Crippen molar-refractivity contribution in [1.82, 2.24) is 14.4 Å². The number of imidazole rings is 1. The molecular formula is C23H25N5. The lowest BCUT2D eigenvalue weighted by atomic mass is 10.1. The lowest BCUT2D eigenvalue weighted by molar-refractivity contribution is 0.858. The summed E-state index contributed by atoms with van der Waals surface area (Å²) in [5.41, 5.74) is 5.53. The predicted molar refractivity (Wildman–Crippen MR) is 116 cm³/mol. The van der Waals surface area contributed by atoms with Gasteiger partial charge in [-0.25, -0.2) is 9.97 Å². The first-order chi connectivity index (χ1) is 13.7. The molecule has 2 aromatic heterocycles. The highest BCUT2D eigenvalue weighted by molar-refractivity contribution is 5.72. The zero-order valence-corrected chi connectivity index (χ0v) is 16.3. The van der Waals surface area contributed by atoms with Gasteiger partial charge in [-0.1, -0.05) is 42.5 Å². The van der Waals surface area contributed by atoms with E-state index in [1.54, 1.807) is 0 Å². The van der Waals surface area contributed by atoms with Crippen LogP contribution >= 0.6 is 0 Å². The standard InChI is InChI=1S/C23H25N5/c1-27(2)20-12-6-11-19(16-20)21-17-26-22(23-25-14-15-28(21)23)24-13-7-10-18-8-4-3-5-9-18/h3-6,8-9,11-12,14-17H,7,10,13H2,1-2H3,(H,24,26). The summed E-state index contributed by atoms with van der Waals surface area (Å²) in [5.74, 6) is 0.825. The molecule has 1 N–H and O–H groups in total. The molecular weight excluding hydrogens is 346 g/mol. The van der Waals surface area contributed by atoms with E-state index in [-0.39, 0.29) is 0 Å². The van der Waals surface area contributed by atoms with Gasteiger partial charge in [-0.05, 0) is 30.5 Å². The molecule has 0 radical (unpaired) electrons. The van der Waals surface area contributed by atoms with E-state index in [2.05, 4.69) is 79.2 Å². The number of hydrogen-bond acceptors (Lipinski definition) is 4. The zero-order valence-electron chi connectivity index (χ0n) is 16.3.